The highest BCUT2D eigenvalue weighted by molar-refractivity contribution is 7.98. The Balaban J connectivity index is 2.17. The van der Waals surface area contributed by atoms with E-state index < -0.39 is 0 Å². The monoisotopic (exact) mass is 238 g/mol. The third-order valence-corrected chi connectivity index (χ3v) is 3.51. The molecule has 0 saturated heterocycles. The molecule has 1 rings (SSSR count). The highest BCUT2D eigenvalue weighted by Crippen LogP contribution is 2.16. The summed E-state index contributed by atoms with van der Waals surface area (Å²) >= 11 is 1.87. The van der Waals surface area contributed by atoms with E-state index >= 15 is 0 Å². The molecule has 0 fully saturated rings. The van der Waals surface area contributed by atoms with Gasteiger partial charge in [-0.3, -0.25) is 4.79 Å². The second-order valence-corrected chi connectivity index (χ2v) is 4.76. The van der Waals surface area contributed by atoms with Gasteiger partial charge in [-0.25, -0.2) is 0 Å². The predicted molar refractivity (Wildman–Crippen MR) is 68.6 cm³/mol. The first-order valence-electron chi connectivity index (χ1n) is 5.43. The van der Waals surface area contributed by atoms with Gasteiger partial charge in [0, 0.05) is 12.2 Å². The minimum absolute atomic E-state index is 0.114. The second kappa shape index (κ2) is 7.34. The summed E-state index contributed by atoms with van der Waals surface area (Å²) in [6, 6.07) is 8.41. The van der Waals surface area contributed by atoms with Crippen molar-refractivity contribution in [2.45, 2.75) is 25.5 Å². The van der Waals surface area contributed by atoms with Crippen LogP contribution in [-0.4, -0.2) is 18.8 Å². The topological polar surface area (TPSA) is 26.3 Å². The smallest absolute Gasteiger partial charge is 0.305 e. The highest BCUT2D eigenvalue weighted by Gasteiger charge is 2.00. The van der Waals surface area contributed by atoms with Crippen molar-refractivity contribution in [1.82, 2.24) is 0 Å². The fraction of sp³-hybridized carbons (Fsp3) is 0.462. The van der Waals surface area contributed by atoms with Crippen LogP contribution in [0.3, 0.4) is 0 Å². The van der Waals surface area contributed by atoms with Crippen LogP contribution in [0, 0.1) is 6.92 Å². The summed E-state index contributed by atoms with van der Waals surface area (Å²) in [4.78, 5) is 10.9. The SMILES string of the molecule is COC(=O)CCCSCc1ccccc1C. The zero-order valence-corrected chi connectivity index (χ0v) is 10.7. The van der Waals surface area contributed by atoms with Gasteiger partial charge in [0.15, 0.2) is 0 Å². The Morgan fingerprint density at radius 2 is 2.12 bits per heavy atom. The lowest BCUT2D eigenvalue weighted by atomic mass is 10.1. The lowest BCUT2D eigenvalue weighted by Gasteiger charge is -2.04. The zero-order chi connectivity index (χ0) is 11.8. The molecule has 0 aliphatic rings. The molecule has 0 atom stereocenters. The summed E-state index contributed by atoms with van der Waals surface area (Å²) in [6.45, 7) is 2.13. The summed E-state index contributed by atoms with van der Waals surface area (Å²) in [5, 5.41) is 0. The Bertz CT molecular complexity index is 336. The van der Waals surface area contributed by atoms with Gasteiger partial charge >= 0.3 is 5.97 Å². The third-order valence-electron chi connectivity index (χ3n) is 2.42. The lowest BCUT2D eigenvalue weighted by molar-refractivity contribution is -0.140. The summed E-state index contributed by atoms with van der Waals surface area (Å²) in [7, 11) is 1.43. The number of hydrogen-bond acceptors (Lipinski definition) is 3. The van der Waals surface area contributed by atoms with E-state index in [1.807, 2.05) is 11.8 Å². The van der Waals surface area contributed by atoms with Crippen LogP contribution in [0.25, 0.3) is 0 Å². The van der Waals surface area contributed by atoms with Crippen molar-refractivity contribution in [3.05, 3.63) is 35.4 Å². The van der Waals surface area contributed by atoms with E-state index in [1.54, 1.807) is 0 Å². The molecule has 0 unspecified atom stereocenters. The molecule has 0 aromatic heterocycles. The molecule has 88 valence electrons. The average Bonchev–Trinajstić information content (AvgIpc) is 2.30. The van der Waals surface area contributed by atoms with Crippen molar-refractivity contribution in [3.63, 3.8) is 0 Å². The Morgan fingerprint density at radius 3 is 2.81 bits per heavy atom. The van der Waals surface area contributed by atoms with Gasteiger partial charge in [0.05, 0.1) is 7.11 Å². The predicted octanol–water partition coefficient (Wildman–Crippen LogP) is 3.18. The maximum atomic E-state index is 10.9. The maximum Gasteiger partial charge on any atom is 0.305 e. The van der Waals surface area contributed by atoms with Crippen LogP contribution in [-0.2, 0) is 15.3 Å². The Hall–Kier alpha value is -0.960. The molecule has 0 spiro atoms. The summed E-state index contributed by atoms with van der Waals surface area (Å²) in [6.07, 6.45) is 1.42. The fourth-order valence-electron chi connectivity index (χ4n) is 1.37. The van der Waals surface area contributed by atoms with Crippen LogP contribution in [0.4, 0.5) is 0 Å². The molecule has 0 radical (unpaired) electrons. The minimum Gasteiger partial charge on any atom is -0.469 e. The van der Waals surface area contributed by atoms with Crippen LogP contribution >= 0.6 is 11.8 Å². The number of esters is 1. The first-order chi connectivity index (χ1) is 7.74. The highest BCUT2D eigenvalue weighted by atomic mass is 32.2. The largest absolute Gasteiger partial charge is 0.469 e. The Labute approximate surface area is 101 Å². The van der Waals surface area contributed by atoms with Crippen LogP contribution in [0.1, 0.15) is 24.0 Å². The van der Waals surface area contributed by atoms with E-state index in [4.69, 9.17) is 0 Å². The van der Waals surface area contributed by atoms with Gasteiger partial charge in [-0.05, 0) is 30.2 Å². The van der Waals surface area contributed by atoms with Crippen molar-refractivity contribution >= 4 is 17.7 Å². The van der Waals surface area contributed by atoms with Crippen molar-refractivity contribution in [1.29, 1.82) is 0 Å². The van der Waals surface area contributed by atoms with Crippen LogP contribution in [0.2, 0.25) is 0 Å². The molecule has 16 heavy (non-hydrogen) atoms. The molecule has 2 nitrogen and oxygen atoms in total. The molecule has 0 aliphatic heterocycles. The molecule has 1 aromatic rings. The summed E-state index contributed by atoms with van der Waals surface area (Å²) in [5.74, 6) is 1.91. The van der Waals surface area contributed by atoms with Gasteiger partial charge in [0.1, 0.15) is 0 Å². The van der Waals surface area contributed by atoms with E-state index in [2.05, 4.69) is 35.9 Å². The molecule has 0 bridgehead atoms. The fourth-order valence-corrected chi connectivity index (χ4v) is 2.41. The molecule has 0 N–H and O–H groups in total. The number of hydrogen-bond donors (Lipinski definition) is 0. The van der Waals surface area contributed by atoms with Crippen LogP contribution in [0.5, 0.6) is 0 Å². The molecule has 0 aliphatic carbocycles. The van der Waals surface area contributed by atoms with Crippen molar-refractivity contribution in [3.8, 4) is 0 Å². The number of methoxy groups -OCH3 is 1. The van der Waals surface area contributed by atoms with E-state index in [9.17, 15) is 4.79 Å². The van der Waals surface area contributed by atoms with E-state index in [0.29, 0.717) is 6.42 Å². The molecule has 3 heteroatoms. The lowest BCUT2D eigenvalue weighted by Crippen LogP contribution is -2.00. The van der Waals surface area contributed by atoms with Crippen LogP contribution < -0.4 is 0 Å². The Kier molecular flexibility index (Phi) is 6.01. The van der Waals surface area contributed by atoms with Crippen molar-refractivity contribution in [2.24, 2.45) is 0 Å². The number of carbonyl (C=O) groups is 1. The van der Waals surface area contributed by atoms with Crippen LogP contribution in [0.15, 0.2) is 24.3 Å². The zero-order valence-electron chi connectivity index (χ0n) is 9.86. The standard InChI is InChI=1S/C13H18O2S/c1-11-6-3-4-7-12(11)10-16-9-5-8-13(14)15-2/h3-4,6-7H,5,8-10H2,1-2H3. The van der Waals surface area contributed by atoms with E-state index in [-0.39, 0.29) is 5.97 Å². The average molecular weight is 238 g/mol. The molecule has 0 amide bonds. The van der Waals surface area contributed by atoms with E-state index in [1.165, 1.54) is 18.2 Å². The summed E-state index contributed by atoms with van der Waals surface area (Å²) < 4.78 is 4.59. The third kappa shape index (κ3) is 4.71. The second-order valence-electron chi connectivity index (χ2n) is 3.66. The number of thioether (sulfide) groups is 1. The van der Waals surface area contributed by atoms with Gasteiger partial charge in [-0.15, -0.1) is 0 Å². The number of rotatable bonds is 6. The van der Waals surface area contributed by atoms with Gasteiger partial charge in [-0.1, -0.05) is 24.3 Å². The number of benzene rings is 1. The quantitative estimate of drug-likeness (QED) is 0.562. The molecule has 0 saturated carbocycles. The minimum atomic E-state index is -0.114. The number of carbonyl (C=O) groups excluding carboxylic acids is 1. The first-order valence-corrected chi connectivity index (χ1v) is 6.58. The van der Waals surface area contributed by atoms with Crippen molar-refractivity contribution in [2.75, 3.05) is 12.9 Å². The molecular formula is C13H18O2S. The van der Waals surface area contributed by atoms with Gasteiger partial charge in [-0.2, -0.15) is 11.8 Å². The van der Waals surface area contributed by atoms with Crippen molar-refractivity contribution < 1.29 is 9.53 Å². The molecular weight excluding hydrogens is 220 g/mol. The van der Waals surface area contributed by atoms with E-state index in [0.717, 1.165) is 17.9 Å². The maximum absolute atomic E-state index is 10.9. The Morgan fingerprint density at radius 1 is 1.38 bits per heavy atom. The van der Waals surface area contributed by atoms with Gasteiger partial charge < -0.3 is 4.74 Å². The molecule has 0 heterocycles. The number of aryl methyl sites for hydroxylation is 1. The molecule has 1 aromatic carbocycles. The normalized spacial score (nSPS) is 10.1. The van der Waals surface area contributed by atoms with Gasteiger partial charge in [0.25, 0.3) is 0 Å². The number of ether oxygens (including phenoxy) is 1. The first kappa shape index (κ1) is 13.1. The van der Waals surface area contributed by atoms with Gasteiger partial charge in [0.2, 0.25) is 0 Å². The summed E-state index contributed by atoms with van der Waals surface area (Å²) in [5.41, 5.74) is 2.72.